The maximum Gasteiger partial charge on any atom is 0.416 e. The SMILES string of the molecule is FC(F)(F)c1cc(Cl)ccc1[C@H](C1CC1)N1CCNCC1. The molecule has 1 aliphatic heterocycles. The Labute approximate surface area is 127 Å². The predicted octanol–water partition coefficient (Wildman–Crippen LogP) is 3.72. The number of alkyl halides is 3. The second-order valence-electron chi connectivity index (χ2n) is 5.80. The Balaban J connectivity index is 1.99. The van der Waals surface area contributed by atoms with E-state index in [1.165, 1.54) is 0 Å². The molecule has 0 radical (unpaired) electrons. The van der Waals surface area contributed by atoms with Crippen molar-refractivity contribution in [2.75, 3.05) is 26.2 Å². The number of benzene rings is 1. The van der Waals surface area contributed by atoms with Crippen molar-refractivity contribution in [3.63, 3.8) is 0 Å². The van der Waals surface area contributed by atoms with E-state index in [2.05, 4.69) is 10.2 Å². The molecular formula is C15H18ClF3N2. The highest BCUT2D eigenvalue weighted by Crippen LogP contribution is 2.48. The highest BCUT2D eigenvalue weighted by molar-refractivity contribution is 6.30. The molecule has 0 amide bonds. The molecule has 1 saturated heterocycles. The molecule has 1 N–H and O–H groups in total. The van der Waals surface area contributed by atoms with Crippen LogP contribution in [0.15, 0.2) is 18.2 Å². The van der Waals surface area contributed by atoms with Crippen LogP contribution in [0.1, 0.15) is 30.0 Å². The molecule has 116 valence electrons. The fraction of sp³-hybridized carbons (Fsp3) is 0.600. The highest BCUT2D eigenvalue weighted by atomic mass is 35.5. The van der Waals surface area contributed by atoms with E-state index in [0.29, 0.717) is 11.5 Å². The second kappa shape index (κ2) is 5.78. The normalized spacial score (nSPS) is 22.3. The summed E-state index contributed by atoms with van der Waals surface area (Å²) in [5.41, 5.74) is -0.193. The van der Waals surface area contributed by atoms with Crippen LogP contribution in [0, 0.1) is 5.92 Å². The second-order valence-corrected chi connectivity index (χ2v) is 6.23. The Morgan fingerprint density at radius 2 is 1.86 bits per heavy atom. The van der Waals surface area contributed by atoms with Crippen LogP contribution in [0.25, 0.3) is 0 Å². The van der Waals surface area contributed by atoms with Gasteiger partial charge in [0, 0.05) is 37.2 Å². The van der Waals surface area contributed by atoms with Gasteiger partial charge >= 0.3 is 6.18 Å². The maximum atomic E-state index is 13.4. The van der Waals surface area contributed by atoms with Crippen molar-refractivity contribution in [1.82, 2.24) is 10.2 Å². The first-order valence-corrected chi connectivity index (χ1v) is 7.66. The quantitative estimate of drug-likeness (QED) is 0.914. The molecule has 2 aliphatic rings. The van der Waals surface area contributed by atoms with Gasteiger partial charge in [0.15, 0.2) is 0 Å². The molecular weight excluding hydrogens is 301 g/mol. The molecule has 0 aromatic heterocycles. The van der Waals surface area contributed by atoms with Gasteiger partial charge in [0.25, 0.3) is 0 Å². The number of piperazine rings is 1. The van der Waals surface area contributed by atoms with Crippen LogP contribution in [-0.4, -0.2) is 31.1 Å². The van der Waals surface area contributed by atoms with Crippen molar-refractivity contribution in [3.05, 3.63) is 34.3 Å². The zero-order chi connectivity index (χ0) is 15.0. The minimum absolute atomic E-state index is 0.138. The Bertz CT molecular complexity index is 508. The summed E-state index contributed by atoms with van der Waals surface area (Å²) in [6.45, 7) is 3.25. The smallest absolute Gasteiger partial charge is 0.314 e. The van der Waals surface area contributed by atoms with Gasteiger partial charge in [0.2, 0.25) is 0 Å². The number of hydrogen-bond donors (Lipinski definition) is 1. The van der Waals surface area contributed by atoms with E-state index >= 15 is 0 Å². The van der Waals surface area contributed by atoms with Gasteiger partial charge in [-0.25, -0.2) is 0 Å². The molecule has 3 rings (SSSR count). The maximum absolute atomic E-state index is 13.4. The van der Waals surface area contributed by atoms with Crippen LogP contribution in [0.4, 0.5) is 13.2 Å². The van der Waals surface area contributed by atoms with Crippen LogP contribution >= 0.6 is 11.6 Å². The number of rotatable bonds is 3. The highest BCUT2D eigenvalue weighted by Gasteiger charge is 2.42. The molecule has 0 spiro atoms. The largest absolute Gasteiger partial charge is 0.416 e. The van der Waals surface area contributed by atoms with E-state index in [4.69, 9.17) is 11.6 Å². The summed E-state index contributed by atoms with van der Waals surface area (Å²) in [5.74, 6) is 0.338. The Kier molecular flexibility index (Phi) is 4.17. The third-order valence-electron chi connectivity index (χ3n) is 4.25. The zero-order valence-electron chi connectivity index (χ0n) is 11.6. The Morgan fingerprint density at radius 3 is 2.43 bits per heavy atom. The first-order chi connectivity index (χ1) is 9.97. The molecule has 2 fully saturated rings. The fourth-order valence-electron chi connectivity index (χ4n) is 3.15. The van der Waals surface area contributed by atoms with Crippen molar-refractivity contribution < 1.29 is 13.2 Å². The van der Waals surface area contributed by atoms with Gasteiger partial charge in [-0.1, -0.05) is 17.7 Å². The standard InChI is InChI=1S/C15H18ClF3N2/c16-11-3-4-12(13(9-11)15(17,18)19)14(10-1-2-10)21-7-5-20-6-8-21/h3-4,9-10,14,20H,1-2,5-8H2/t14-/m0/s1. The molecule has 1 atom stereocenters. The number of hydrogen-bond acceptors (Lipinski definition) is 2. The first-order valence-electron chi connectivity index (χ1n) is 7.28. The lowest BCUT2D eigenvalue weighted by Gasteiger charge is -2.36. The molecule has 0 unspecified atom stereocenters. The van der Waals surface area contributed by atoms with E-state index in [1.54, 1.807) is 12.1 Å². The van der Waals surface area contributed by atoms with Gasteiger partial charge < -0.3 is 5.32 Å². The van der Waals surface area contributed by atoms with E-state index in [1.807, 2.05) is 0 Å². The first kappa shape index (κ1) is 15.1. The molecule has 1 aliphatic carbocycles. The summed E-state index contributed by atoms with van der Waals surface area (Å²) in [4.78, 5) is 2.19. The number of nitrogens with one attached hydrogen (secondary N) is 1. The molecule has 21 heavy (non-hydrogen) atoms. The van der Waals surface area contributed by atoms with Gasteiger partial charge in [-0.15, -0.1) is 0 Å². The lowest BCUT2D eigenvalue weighted by atomic mass is 9.94. The average molecular weight is 319 g/mol. The topological polar surface area (TPSA) is 15.3 Å². The van der Waals surface area contributed by atoms with Crippen LogP contribution < -0.4 is 5.32 Å². The van der Waals surface area contributed by atoms with Gasteiger partial charge in [-0.2, -0.15) is 13.2 Å². The third kappa shape index (κ3) is 3.35. The minimum Gasteiger partial charge on any atom is -0.314 e. The van der Waals surface area contributed by atoms with E-state index < -0.39 is 11.7 Å². The molecule has 6 heteroatoms. The number of halogens is 4. The monoisotopic (exact) mass is 318 g/mol. The summed E-state index contributed by atoms with van der Waals surface area (Å²) in [6, 6.07) is 4.06. The van der Waals surface area contributed by atoms with Gasteiger partial charge in [-0.3, -0.25) is 4.90 Å². The van der Waals surface area contributed by atoms with Gasteiger partial charge in [0.05, 0.1) is 5.56 Å². The summed E-state index contributed by atoms with van der Waals surface area (Å²) in [7, 11) is 0. The van der Waals surface area contributed by atoms with Gasteiger partial charge in [-0.05, 0) is 36.5 Å². The minimum atomic E-state index is -4.36. The van der Waals surface area contributed by atoms with Crippen LogP contribution in [0.2, 0.25) is 5.02 Å². The van der Waals surface area contributed by atoms with Crippen molar-refractivity contribution in [2.45, 2.75) is 25.1 Å². The van der Waals surface area contributed by atoms with Crippen LogP contribution in [-0.2, 0) is 6.18 Å². The third-order valence-corrected chi connectivity index (χ3v) is 4.49. The summed E-state index contributed by atoms with van der Waals surface area (Å²) >= 11 is 5.78. The Hall–Kier alpha value is -0.780. The summed E-state index contributed by atoms with van der Waals surface area (Å²) < 4.78 is 40.1. The van der Waals surface area contributed by atoms with E-state index in [0.717, 1.165) is 45.1 Å². The summed E-state index contributed by atoms with van der Waals surface area (Å²) in [6.07, 6.45) is -2.34. The van der Waals surface area contributed by atoms with E-state index in [-0.39, 0.29) is 11.1 Å². The molecule has 1 aromatic rings. The Morgan fingerprint density at radius 1 is 1.19 bits per heavy atom. The van der Waals surface area contributed by atoms with Crippen molar-refractivity contribution >= 4 is 11.6 Å². The fourth-order valence-corrected chi connectivity index (χ4v) is 3.33. The molecule has 2 nitrogen and oxygen atoms in total. The zero-order valence-corrected chi connectivity index (χ0v) is 12.3. The molecule has 1 aromatic carbocycles. The molecule has 1 saturated carbocycles. The van der Waals surface area contributed by atoms with Crippen LogP contribution in [0.5, 0.6) is 0 Å². The van der Waals surface area contributed by atoms with Crippen molar-refractivity contribution in [1.29, 1.82) is 0 Å². The average Bonchev–Trinajstić information content (AvgIpc) is 3.25. The van der Waals surface area contributed by atoms with Crippen LogP contribution in [0.3, 0.4) is 0 Å². The lowest BCUT2D eigenvalue weighted by molar-refractivity contribution is -0.138. The summed E-state index contributed by atoms with van der Waals surface area (Å²) in [5, 5.41) is 3.39. The predicted molar refractivity (Wildman–Crippen MR) is 76.4 cm³/mol. The van der Waals surface area contributed by atoms with E-state index in [9.17, 15) is 13.2 Å². The molecule has 0 bridgehead atoms. The van der Waals surface area contributed by atoms with Crippen molar-refractivity contribution in [3.8, 4) is 0 Å². The molecule has 1 heterocycles. The van der Waals surface area contributed by atoms with Crippen molar-refractivity contribution in [2.24, 2.45) is 5.92 Å². The lowest BCUT2D eigenvalue weighted by Crippen LogP contribution is -2.46. The van der Waals surface area contributed by atoms with Gasteiger partial charge in [0.1, 0.15) is 0 Å². The number of nitrogens with zero attached hydrogens (tertiary/aromatic N) is 1.